The maximum absolute atomic E-state index is 13.8. The van der Waals surface area contributed by atoms with Crippen LogP contribution in [-0.2, 0) is 0 Å². The molecular weight excluding hydrogens is 398 g/mol. The lowest BCUT2D eigenvalue weighted by atomic mass is 10.1. The van der Waals surface area contributed by atoms with Gasteiger partial charge in [0.25, 0.3) is 5.91 Å². The Kier molecular flexibility index (Phi) is 5.31. The van der Waals surface area contributed by atoms with Crippen LogP contribution in [0.4, 0.5) is 5.69 Å². The van der Waals surface area contributed by atoms with Crippen LogP contribution in [0.5, 0.6) is 5.75 Å². The molecule has 1 saturated heterocycles. The summed E-state index contributed by atoms with van der Waals surface area (Å²) < 4.78 is 7.65. The molecule has 5 heteroatoms. The maximum Gasteiger partial charge on any atom is 0.256 e. The van der Waals surface area contributed by atoms with E-state index in [2.05, 4.69) is 45.9 Å². The predicted octanol–water partition coefficient (Wildman–Crippen LogP) is 4.91. The number of aromatic nitrogens is 1. The Morgan fingerprint density at radius 1 is 0.812 bits per heavy atom. The van der Waals surface area contributed by atoms with E-state index >= 15 is 0 Å². The van der Waals surface area contributed by atoms with Crippen molar-refractivity contribution in [2.45, 2.75) is 6.92 Å². The second kappa shape index (κ2) is 8.42. The lowest BCUT2D eigenvalue weighted by Crippen LogP contribution is -2.48. The zero-order valence-electron chi connectivity index (χ0n) is 18.5. The van der Waals surface area contributed by atoms with Crippen LogP contribution in [0.25, 0.3) is 16.6 Å². The van der Waals surface area contributed by atoms with Gasteiger partial charge in [-0.3, -0.25) is 4.79 Å². The van der Waals surface area contributed by atoms with Gasteiger partial charge in [-0.25, -0.2) is 0 Å². The molecule has 32 heavy (non-hydrogen) atoms. The van der Waals surface area contributed by atoms with Crippen LogP contribution in [0.15, 0.2) is 78.9 Å². The van der Waals surface area contributed by atoms with Crippen molar-refractivity contribution < 1.29 is 9.53 Å². The molecule has 0 radical (unpaired) electrons. The summed E-state index contributed by atoms with van der Waals surface area (Å²) in [6.45, 7) is 5.10. The highest BCUT2D eigenvalue weighted by Crippen LogP contribution is 2.33. The summed E-state index contributed by atoms with van der Waals surface area (Å²) in [7, 11) is 1.66. The largest absolute Gasteiger partial charge is 0.497 e. The number of benzene rings is 3. The number of ether oxygens (including phenoxy) is 1. The van der Waals surface area contributed by atoms with Crippen LogP contribution in [0.2, 0.25) is 0 Å². The third-order valence-corrected chi connectivity index (χ3v) is 6.33. The predicted molar refractivity (Wildman–Crippen MR) is 129 cm³/mol. The van der Waals surface area contributed by atoms with Crippen molar-refractivity contribution in [2.24, 2.45) is 0 Å². The zero-order chi connectivity index (χ0) is 22.1. The fourth-order valence-electron chi connectivity index (χ4n) is 4.67. The van der Waals surface area contributed by atoms with E-state index in [-0.39, 0.29) is 5.91 Å². The van der Waals surface area contributed by atoms with E-state index < -0.39 is 0 Å². The topological polar surface area (TPSA) is 37.7 Å². The van der Waals surface area contributed by atoms with Gasteiger partial charge in [-0.15, -0.1) is 0 Å². The molecule has 0 bridgehead atoms. The van der Waals surface area contributed by atoms with E-state index in [1.54, 1.807) is 7.11 Å². The van der Waals surface area contributed by atoms with Gasteiger partial charge in [-0.2, -0.15) is 0 Å². The lowest BCUT2D eigenvalue weighted by Gasteiger charge is -2.36. The number of carbonyl (C=O) groups is 1. The number of rotatable bonds is 4. The van der Waals surface area contributed by atoms with Crippen molar-refractivity contribution in [2.75, 3.05) is 38.2 Å². The maximum atomic E-state index is 13.8. The standard InChI is InChI=1S/C27H27N3O2/c1-20-26(27(31)29-17-15-28(16-18-29)21-9-5-3-6-10-21)24-19-23(32-2)13-14-25(24)30(20)22-11-7-4-8-12-22/h3-14,19H,15-18H2,1-2H3. The molecule has 0 unspecified atom stereocenters. The highest BCUT2D eigenvalue weighted by molar-refractivity contribution is 6.09. The first kappa shape index (κ1) is 20.2. The number of hydrogen-bond acceptors (Lipinski definition) is 3. The van der Waals surface area contributed by atoms with E-state index in [1.165, 1.54) is 5.69 Å². The molecule has 1 aliphatic rings. The first-order valence-corrected chi connectivity index (χ1v) is 11.0. The van der Waals surface area contributed by atoms with Gasteiger partial charge in [-0.05, 0) is 49.4 Å². The average Bonchev–Trinajstić information content (AvgIpc) is 3.15. The molecule has 1 aromatic heterocycles. The number of methoxy groups -OCH3 is 1. The number of carbonyl (C=O) groups excluding carboxylic acids is 1. The molecule has 5 rings (SSSR count). The quantitative estimate of drug-likeness (QED) is 0.466. The molecule has 162 valence electrons. The Labute approximate surface area is 188 Å². The molecule has 0 aliphatic carbocycles. The smallest absolute Gasteiger partial charge is 0.256 e. The Hall–Kier alpha value is -3.73. The molecule has 0 atom stereocenters. The molecule has 0 saturated carbocycles. The molecule has 5 nitrogen and oxygen atoms in total. The average molecular weight is 426 g/mol. The molecule has 2 heterocycles. The molecular formula is C27H27N3O2. The summed E-state index contributed by atoms with van der Waals surface area (Å²) in [6, 6.07) is 26.6. The van der Waals surface area contributed by atoms with Crippen molar-refractivity contribution in [1.29, 1.82) is 0 Å². The molecule has 0 N–H and O–H groups in total. The number of fused-ring (bicyclic) bond motifs is 1. The molecule has 1 amide bonds. The molecule has 4 aromatic rings. The minimum atomic E-state index is 0.0862. The number of hydrogen-bond donors (Lipinski definition) is 0. The number of anilines is 1. The van der Waals surface area contributed by atoms with Crippen molar-refractivity contribution >= 4 is 22.5 Å². The van der Waals surface area contributed by atoms with Crippen LogP contribution in [-0.4, -0.2) is 48.7 Å². The van der Waals surface area contributed by atoms with Gasteiger partial charge in [-0.1, -0.05) is 36.4 Å². The summed E-state index contributed by atoms with van der Waals surface area (Å²) in [6.07, 6.45) is 0. The van der Waals surface area contributed by atoms with Gasteiger partial charge >= 0.3 is 0 Å². The van der Waals surface area contributed by atoms with Crippen LogP contribution < -0.4 is 9.64 Å². The fraction of sp³-hybridized carbons (Fsp3) is 0.222. The molecule has 3 aromatic carbocycles. The number of amides is 1. The van der Waals surface area contributed by atoms with Gasteiger partial charge in [0, 0.05) is 48.6 Å². The minimum Gasteiger partial charge on any atom is -0.497 e. The molecule has 1 fully saturated rings. The summed E-state index contributed by atoms with van der Waals surface area (Å²) in [5.41, 5.74) is 4.99. The van der Waals surface area contributed by atoms with Crippen LogP contribution in [0.3, 0.4) is 0 Å². The summed E-state index contributed by atoms with van der Waals surface area (Å²) >= 11 is 0. The normalized spacial score (nSPS) is 14.1. The Balaban J connectivity index is 1.51. The van der Waals surface area contributed by atoms with Crippen LogP contribution in [0.1, 0.15) is 16.1 Å². The number of nitrogens with zero attached hydrogens (tertiary/aromatic N) is 3. The zero-order valence-corrected chi connectivity index (χ0v) is 18.5. The second-order valence-corrected chi connectivity index (χ2v) is 8.13. The number of piperazine rings is 1. The first-order valence-electron chi connectivity index (χ1n) is 11.0. The van der Waals surface area contributed by atoms with Crippen LogP contribution >= 0.6 is 0 Å². The highest BCUT2D eigenvalue weighted by atomic mass is 16.5. The van der Waals surface area contributed by atoms with Gasteiger partial charge < -0.3 is 19.1 Å². The van der Waals surface area contributed by atoms with E-state index in [0.29, 0.717) is 13.1 Å². The molecule has 0 spiro atoms. The summed E-state index contributed by atoms with van der Waals surface area (Å²) in [5, 5.41) is 0.932. The van der Waals surface area contributed by atoms with E-state index in [4.69, 9.17) is 4.74 Å². The SMILES string of the molecule is COc1ccc2c(c1)c(C(=O)N1CCN(c3ccccc3)CC1)c(C)n2-c1ccccc1. The van der Waals surface area contributed by atoms with Crippen molar-refractivity contribution in [1.82, 2.24) is 9.47 Å². The highest BCUT2D eigenvalue weighted by Gasteiger charge is 2.28. The minimum absolute atomic E-state index is 0.0862. The van der Waals surface area contributed by atoms with Crippen molar-refractivity contribution in [3.8, 4) is 11.4 Å². The lowest BCUT2D eigenvalue weighted by molar-refractivity contribution is 0.0748. The Morgan fingerprint density at radius 3 is 2.06 bits per heavy atom. The van der Waals surface area contributed by atoms with Gasteiger partial charge in [0.15, 0.2) is 0 Å². The Morgan fingerprint density at radius 2 is 1.44 bits per heavy atom. The van der Waals surface area contributed by atoms with E-state index in [9.17, 15) is 4.79 Å². The first-order chi connectivity index (χ1) is 15.7. The monoisotopic (exact) mass is 425 g/mol. The van der Waals surface area contributed by atoms with Gasteiger partial charge in [0.05, 0.1) is 18.2 Å². The van der Waals surface area contributed by atoms with Crippen molar-refractivity contribution in [3.05, 3.63) is 90.1 Å². The summed E-state index contributed by atoms with van der Waals surface area (Å²) in [5.74, 6) is 0.841. The van der Waals surface area contributed by atoms with Gasteiger partial charge in [0.1, 0.15) is 5.75 Å². The van der Waals surface area contributed by atoms with Crippen molar-refractivity contribution in [3.63, 3.8) is 0 Å². The number of para-hydroxylation sites is 2. The van der Waals surface area contributed by atoms with Crippen LogP contribution in [0, 0.1) is 6.92 Å². The fourth-order valence-corrected chi connectivity index (χ4v) is 4.67. The van der Waals surface area contributed by atoms with E-state index in [0.717, 1.165) is 46.7 Å². The third-order valence-electron chi connectivity index (χ3n) is 6.33. The Bertz CT molecular complexity index is 1240. The third kappa shape index (κ3) is 3.50. The summed E-state index contributed by atoms with van der Waals surface area (Å²) in [4.78, 5) is 18.1. The van der Waals surface area contributed by atoms with Gasteiger partial charge in [0.2, 0.25) is 0 Å². The van der Waals surface area contributed by atoms with E-state index in [1.807, 2.05) is 54.3 Å². The second-order valence-electron chi connectivity index (χ2n) is 8.13. The molecule has 1 aliphatic heterocycles.